The van der Waals surface area contributed by atoms with E-state index in [9.17, 15) is 4.79 Å². The number of carbonyl (C=O) groups is 1. The average molecular weight is 195 g/mol. The first-order valence-corrected chi connectivity index (χ1v) is 5.15. The summed E-state index contributed by atoms with van der Waals surface area (Å²) in [5.74, 6) is 0.0823. The molecule has 1 unspecified atom stereocenters. The van der Waals surface area contributed by atoms with E-state index in [1.807, 2.05) is 0 Å². The summed E-state index contributed by atoms with van der Waals surface area (Å²) in [6.45, 7) is 4.18. The summed E-state index contributed by atoms with van der Waals surface area (Å²) in [5, 5.41) is 11.5. The van der Waals surface area contributed by atoms with Crippen LogP contribution in [0, 0.1) is 11.3 Å². The van der Waals surface area contributed by atoms with E-state index in [1.54, 1.807) is 0 Å². The number of rotatable bonds is 3. The van der Waals surface area contributed by atoms with Gasteiger partial charge in [0.2, 0.25) is 5.91 Å². The van der Waals surface area contributed by atoms with Crippen LogP contribution in [0.4, 0.5) is 0 Å². The molecule has 4 nitrogen and oxygen atoms in total. The molecule has 1 aliphatic rings. The van der Waals surface area contributed by atoms with Crippen molar-refractivity contribution in [2.45, 2.75) is 32.2 Å². The summed E-state index contributed by atoms with van der Waals surface area (Å²) < 4.78 is 0. The van der Waals surface area contributed by atoms with Gasteiger partial charge >= 0.3 is 0 Å². The maximum atomic E-state index is 11.3. The minimum Gasteiger partial charge on any atom is -0.355 e. The summed E-state index contributed by atoms with van der Waals surface area (Å²) in [5.41, 5.74) is 0. The summed E-state index contributed by atoms with van der Waals surface area (Å²) in [7, 11) is 0. The van der Waals surface area contributed by atoms with Gasteiger partial charge in [0.15, 0.2) is 0 Å². The first-order valence-electron chi connectivity index (χ1n) is 5.15. The van der Waals surface area contributed by atoms with Gasteiger partial charge in [-0.05, 0) is 12.8 Å². The first kappa shape index (κ1) is 11.0. The van der Waals surface area contributed by atoms with Crippen LogP contribution in [-0.2, 0) is 4.79 Å². The second-order valence-electron chi connectivity index (χ2n) is 3.60. The van der Waals surface area contributed by atoms with Crippen molar-refractivity contribution in [2.24, 2.45) is 0 Å². The highest BCUT2D eigenvalue weighted by Gasteiger charge is 2.21. The van der Waals surface area contributed by atoms with Crippen LogP contribution in [0.3, 0.4) is 0 Å². The lowest BCUT2D eigenvalue weighted by Crippen LogP contribution is -2.39. The highest BCUT2D eigenvalue weighted by atomic mass is 16.2. The second-order valence-corrected chi connectivity index (χ2v) is 3.60. The Morgan fingerprint density at radius 2 is 2.50 bits per heavy atom. The molecule has 4 heteroatoms. The number of hydrogen-bond donors (Lipinski definition) is 1. The van der Waals surface area contributed by atoms with Crippen molar-refractivity contribution >= 4 is 5.91 Å². The number of amides is 1. The van der Waals surface area contributed by atoms with E-state index in [-0.39, 0.29) is 11.9 Å². The highest BCUT2D eigenvalue weighted by molar-refractivity contribution is 5.78. The Labute approximate surface area is 84.9 Å². The normalized spacial score (nSPS) is 20.7. The first-order chi connectivity index (χ1) is 6.77. The molecule has 1 aliphatic heterocycles. The fourth-order valence-electron chi connectivity index (χ4n) is 1.78. The largest absolute Gasteiger partial charge is 0.355 e. The SMILES string of the molecule is CCC(CC#N)N1CCCNC(=O)C1. The third-order valence-electron chi connectivity index (χ3n) is 2.61. The van der Waals surface area contributed by atoms with Crippen LogP contribution in [0.15, 0.2) is 0 Å². The van der Waals surface area contributed by atoms with Crippen LogP contribution in [0.25, 0.3) is 0 Å². The molecule has 1 atom stereocenters. The van der Waals surface area contributed by atoms with Crippen LogP contribution in [0.1, 0.15) is 26.2 Å². The van der Waals surface area contributed by atoms with Gasteiger partial charge in [-0.2, -0.15) is 5.26 Å². The molecular weight excluding hydrogens is 178 g/mol. The lowest BCUT2D eigenvalue weighted by Gasteiger charge is -2.26. The molecule has 0 aliphatic carbocycles. The molecule has 0 spiro atoms. The fraction of sp³-hybridized carbons (Fsp3) is 0.800. The second kappa shape index (κ2) is 5.61. The Balaban J connectivity index is 2.54. The average Bonchev–Trinajstić information content (AvgIpc) is 2.39. The lowest BCUT2D eigenvalue weighted by molar-refractivity contribution is -0.121. The van der Waals surface area contributed by atoms with Crippen molar-refractivity contribution in [2.75, 3.05) is 19.6 Å². The van der Waals surface area contributed by atoms with Crippen LogP contribution < -0.4 is 5.32 Å². The minimum absolute atomic E-state index is 0.0823. The molecule has 78 valence electrons. The molecule has 1 saturated heterocycles. The lowest BCUT2D eigenvalue weighted by atomic mass is 10.1. The number of carbonyl (C=O) groups excluding carboxylic acids is 1. The van der Waals surface area contributed by atoms with E-state index in [1.165, 1.54) is 0 Å². The van der Waals surface area contributed by atoms with Crippen molar-refractivity contribution < 1.29 is 4.79 Å². The van der Waals surface area contributed by atoms with Crippen molar-refractivity contribution in [3.05, 3.63) is 0 Å². The zero-order valence-electron chi connectivity index (χ0n) is 8.62. The van der Waals surface area contributed by atoms with E-state index < -0.39 is 0 Å². The molecule has 1 heterocycles. The van der Waals surface area contributed by atoms with E-state index in [4.69, 9.17) is 5.26 Å². The van der Waals surface area contributed by atoms with E-state index >= 15 is 0 Å². The van der Waals surface area contributed by atoms with Gasteiger partial charge in [-0.1, -0.05) is 6.92 Å². The molecule has 1 rings (SSSR count). The van der Waals surface area contributed by atoms with Gasteiger partial charge in [0.25, 0.3) is 0 Å². The van der Waals surface area contributed by atoms with Crippen molar-refractivity contribution in [3.8, 4) is 6.07 Å². The number of nitriles is 1. The minimum atomic E-state index is 0.0823. The predicted molar refractivity (Wildman–Crippen MR) is 53.5 cm³/mol. The molecule has 0 aromatic heterocycles. The topological polar surface area (TPSA) is 56.1 Å². The molecule has 0 saturated carbocycles. The highest BCUT2D eigenvalue weighted by Crippen LogP contribution is 2.09. The molecule has 0 bridgehead atoms. The van der Waals surface area contributed by atoms with Crippen molar-refractivity contribution in [3.63, 3.8) is 0 Å². The van der Waals surface area contributed by atoms with Crippen LogP contribution in [0.2, 0.25) is 0 Å². The van der Waals surface area contributed by atoms with Crippen LogP contribution >= 0.6 is 0 Å². The summed E-state index contributed by atoms with van der Waals surface area (Å²) >= 11 is 0. The molecular formula is C10H17N3O. The third-order valence-corrected chi connectivity index (χ3v) is 2.61. The summed E-state index contributed by atoms with van der Waals surface area (Å²) in [4.78, 5) is 13.4. The van der Waals surface area contributed by atoms with Gasteiger partial charge < -0.3 is 5.32 Å². The van der Waals surface area contributed by atoms with E-state index in [0.717, 1.165) is 25.9 Å². The molecule has 1 fully saturated rings. The third kappa shape index (κ3) is 3.00. The van der Waals surface area contributed by atoms with Gasteiger partial charge in [0.05, 0.1) is 19.0 Å². The molecule has 0 aromatic carbocycles. The molecule has 14 heavy (non-hydrogen) atoms. The Bertz CT molecular complexity index is 234. The standard InChI is InChI=1S/C10H17N3O/c1-2-9(4-5-11)13-7-3-6-12-10(14)8-13/h9H,2-4,6-8H2,1H3,(H,12,14). The molecule has 1 N–H and O–H groups in total. The van der Waals surface area contributed by atoms with Gasteiger partial charge in [0.1, 0.15) is 0 Å². The van der Waals surface area contributed by atoms with Gasteiger partial charge in [0, 0.05) is 19.1 Å². The molecule has 0 radical (unpaired) electrons. The number of nitrogens with one attached hydrogen (secondary N) is 1. The Kier molecular flexibility index (Phi) is 4.41. The van der Waals surface area contributed by atoms with Crippen LogP contribution in [0.5, 0.6) is 0 Å². The predicted octanol–water partition coefficient (Wildman–Crippen LogP) is 0.501. The van der Waals surface area contributed by atoms with Gasteiger partial charge in [-0.25, -0.2) is 0 Å². The zero-order chi connectivity index (χ0) is 10.4. The summed E-state index contributed by atoms with van der Waals surface area (Å²) in [6, 6.07) is 2.42. The fourth-order valence-corrected chi connectivity index (χ4v) is 1.78. The van der Waals surface area contributed by atoms with Crippen molar-refractivity contribution in [1.82, 2.24) is 10.2 Å². The van der Waals surface area contributed by atoms with E-state index in [0.29, 0.717) is 13.0 Å². The Morgan fingerprint density at radius 3 is 3.14 bits per heavy atom. The monoisotopic (exact) mass is 195 g/mol. The van der Waals surface area contributed by atoms with Crippen LogP contribution in [-0.4, -0.2) is 36.5 Å². The smallest absolute Gasteiger partial charge is 0.234 e. The zero-order valence-corrected chi connectivity index (χ0v) is 8.62. The number of hydrogen-bond acceptors (Lipinski definition) is 3. The van der Waals surface area contributed by atoms with Crippen molar-refractivity contribution in [1.29, 1.82) is 5.26 Å². The number of nitrogens with zero attached hydrogens (tertiary/aromatic N) is 2. The maximum absolute atomic E-state index is 11.3. The maximum Gasteiger partial charge on any atom is 0.234 e. The quantitative estimate of drug-likeness (QED) is 0.713. The Hall–Kier alpha value is -1.08. The molecule has 1 amide bonds. The summed E-state index contributed by atoms with van der Waals surface area (Å²) in [6.07, 6.45) is 2.43. The molecule has 0 aromatic rings. The van der Waals surface area contributed by atoms with Gasteiger partial charge in [-0.15, -0.1) is 0 Å². The van der Waals surface area contributed by atoms with E-state index in [2.05, 4.69) is 23.2 Å². The Morgan fingerprint density at radius 1 is 1.71 bits per heavy atom. The van der Waals surface area contributed by atoms with Gasteiger partial charge in [-0.3, -0.25) is 9.69 Å².